The van der Waals surface area contributed by atoms with E-state index in [9.17, 15) is 0 Å². The van der Waals surface area contributed by atoms with Gasteiger partial charge in [0.2, 0.25) is 0 Å². The fourth-order valence-electron chi connectivity index (χ4n) is 3.07. The van der Waals surface area contributed by atoms with Gasteiger partial charge in [-0.25, -0.2) is 9.97 Å². The van der Waals surface area contributed by atoms with E-state index in [1.54, 1.807) is 0 Å². The first-order valence-electron chi connectivity index (χ1n) is 8.58. The van der Waals surface area contributed by atoms with E-state index in [-0.39, 0.29) is 0 Å². The van der Waals surface area contributed by atoms with Crippen molar-refractivity contribution >= 4 is 17.4 Å². The van der Waals surface area contributed by atoms with Crippen LogP contribution in [0.4, 0.5) is 5.82 Å². The summed E-state index contributed by atoms with van der Waals surface area (Å²) in [6.07, 6.45) is 2.11. The van der Waals surface area contributed by atoms with Gasteiger partial charge in [0.05, 0.1) is 12.3 Å². The van der Waals surface area contributed by atoms with Crippen molar-refractivity contribution in [3.8, 4) is 0 Å². The largest absolute Gasteiger partial charge is 0.381 e. The number of benzene rings is 1. The normalized spacial score (nSPS) is 17.2. The molecule has 0 amide bonds. The first-order chi connectivity index (χ1) is 11.7. The highest BCUT2D eigenvalue weighted by atomic mass is 35.5. The van der Waals surface area contributed by atoms with Crippen LogP contribution in [0.25, 0.3) is 0 Å². The van der Waals surface area contributed by atoms with Crippen LogP contribution in [0.3, 0.4) is 0 Å². The maximum atomic E-state index is 5.99. The average Bonchev–Trinajstić information content (AvgIpc) is 3.10. The molecule has 1 saturated heterocycles. The van der Waals surface area contributed by atoms with E-state index in [2.05, 4.69) is 40.0 Å². The zero-order valence-corrected chi connectivity index (χ0v) is 15.1. The Hall–Kier alpha value is -1.65. The molecule has 128 valence electrons. The minimum Gasteiger partial charge on any atom is -0.381 e. The lowest BCUT2D eigenvalue weighted by atomic mass is 10.0. The van der Waals surface area contributed by atoms with Gasteiger partial charge in [-0.2, -0.15) is 0 Å². The number of aromatic nitrogens is 2. The van der Waals surface area contributed by atoms with Crippen LogP contribution in [0.2, 0.25) is 5.02 Å². The zero-order valence-electron chi connectivity index (χ0n) is 14.3. The van der Waals surface area contributed by atoms with Crippen molar-refractivity contribution in [3.05, 3.63) is 52.4 Å². The smallest absolute Gasteiger partial charge is 0.132 e. The molecule has 1 unspecified atom stereocenters. The molecule has 4 nitrogen and oxygen atoms in total. The number of nitrogens with zero attached hydrogens (tertiary/aromatic N) is 3. The minimum atomic E-state index is 0.393. The van der Waals surface area contributed by atoms with Gasteiger partial charge in [-0.15, -0.1) is 0 Å². The summed E-state index contributed by atoms with van der Waals surface area (Å²) in [7, 11) is 0. The molecule has 24 heavy (non-hydrogen) atoms. The van der Waals surface area contributed by atoms with E-state index in [1.807, 2.05) is 19.1 Å². The summed E-state index contributed by atoms with van der Waals surface area (Å²) in [5.41, 5.74) is 2.34. The third-order valence-electron chi connectivity index (χ3n) is 4.30. The van der Waals surface area contributed by atoms with Crippen LogP contribution < -0.4 is 4.90 Å². The fourth-order valence-corrected chi connectivity index (χ4v) is 3.19. The Labute approximate surface area is 148 Å². The summed E-state index contributed by atoms with van der Waals surface area (Å²) in [4.78, 5) is 11.6. The van der Waals surface area contributed by atoms with Gasteiger partial charge in [0.25, 0.3) is 0 Å². The molecule has 0 spiro atoms. The van der Waals surface area contributed by atoms with Crippen molar-refractivity contribution in [3.63, 3.8) is 0 Å². The molecule has 1 aromatic carbocycles. The van der Waals surface area contributed by atoms with E-state index >= 15 is 0 Å². The van der Waals surface area contributed by atoms with E-state index < -0.39 is 0 Å². The summed E-state index contributed by atoms with van der Waals surface area (Å²) >= 11 is 5.99. The molecule has 2 heterocycles. The molecular weight excluding hydrogens is 322 g/mol. The maximum absolute atomic E-state index is 5.99. The Kier molecular flexibility index (Phi) is 5.69. The number of hydrogen-bond acceptors (Lipinski definition) is 4. The van der Waals surface area contributed by atoms with Crippen LogP contribution in [-0.4, -0.2) is 29.7 Å². The lowest BCUT2D eigenvalue weighted by Crippen LogP contribution is -2.25. The second-order valence-electron chi connectivity index (χ2n) is 6.31. The van der Waals surface area contributed by atoms with Gasteiger partial charge in [0.1, 0.15) is 11.6 Å². The number of aryl methyl sites for hydroxylation is 1. The van der Waals surface area contributed by atoms with Gasteiger partial charge >= 0.3 is 0 Å². The van der Waals surface area contributed by atoms with E-state index in [1.165, 1.54) is 5.56 Å². The molecule has 0 saturated carbocycles. The first kappa shape index (κ1) is 17.2. The number of anilines is 1. The van der Waals surface area contributed by atoms with Crippen molar-refractivity contribution in [1.82, 2.24) is 9.97 Å². The quantitative estimate of drug-likeness (QED) is 0.779. The lowest BCUT2D eigenvalue weighted by Gasteiger charge is -2.24. The van der Waals surface area contributed by atoms with Crippen molar-refractivity contribution < 1.29 is 4.74 Å². The van der Waals surface area contributed by atoms with Gasteiger partial charge in [-0.3, -0.25) is 0 Å². The van der Waals surface area contributed by atoms with Crippen LogP contribution >= 0.6 is 11.6 Å². The maximum Gasteiger partial charge on any atom is 0.132 e. The van der Waals surface area contributed by atoms with Crippen LogP contribution in [0.1, 0.15) is 42.8 Å². The van der Waals surface area contributed by atoms with Crippen molar-refractivity contribution in [2.75, 3.05) is 24.7 Å². The Morgan fingerprint density at radius 3 is 2.71 bits per heavy atom. The topological polar surface area (TPSA) is 38.2 Å². The third kappa shape index (κ3) is 4.25. The van der Waals surface area contributed by atoms with Crippen molar-refractivity contribution in [2.24, 2.45) is 0 Å². The first-order valence-corrected chi connectivity index (χ1v) is 8.96. The molecule has 0 radical (unpaired) electrons. The molecule has 2 aromatic rings. The van der Waals surface area contributed by atoms with Crippen molar-refractivity contribution in [2.45, 2.75) is 39.2 Å². The van der Waals surface area contributed by atoms with E-state index in [4.69, 9.17) is 16.3 Å². The van der Waals surface area contributed by atoms with Crippen LogP contribution in [0, 0.1) is 6.92 Å². The zero-order chi connectivity index (χ0) is 16.9. The number of rotatable bonds is 6. The Bertz CT molecular complexity index is 669. The van der Waals surface area contributed by atoms with Gasteiger partial charge in [0.15, 0.2) is 0 Å². The molecule has 1 aliphatic rings. The van der Waals surface area contributed by atoms with Crippen molar-refractivity contribution in [1.29, 1.82) is 0 Å². The predicted molar refractivity (Wildman–Crippen MR) is 97.7 cm³/mol. The molecule has 1 aliphatic heterocycles. The van der Waals surface area contributed by atoms with Gasteiger partial charge in [-0.1, -0.05) is 30.7 Å². The average molecular weight is 346 g/mol. The van der Waals surface area contributed by atoms with E-state index in [0.29, 0.717) is 5.92 Å². The fraction of sp³-hybridized carbons (Fsp3) is 0.474. The Morgan fingerprint density at radius 1 is 1.25 bits per heavy atom. The molecular formula is C19H24ClN3O. The molecule has 3 rings (SSSR count). The number of ether oxygens (including phenoxy) is 1. The number of halogens is 1. The second-order valence-corrected chi connectivity index (χ2v) is 6.74. The summed E-state index contributed by atoms with van der Waals surface area (Å²) in [5.74, 6) is 2.22. The molecule has 0 bridgehead atoms. The van der Waals surface area contributed by atoms with Crippen LogP contribution in [-0.2, 0) is 11.3 Å². The molecule has 0 aliphatic carbocycles. The second kappa shape index (κ2) is 7.95. The lowest BCUT2D eigenvalue weighted by molar-refractivity contribution is 0.193. The summed E-state index contributed by atoms with van der Waals surface area (Å²) in [5, 5.41) is 0.766. The monoisotopic (exact) mass is 345 g/mol. The SMILES string of the molecule is CCCN(Cc1ccc(Cl)cc1)c1cc(C2CCOC2)nc(C)n1. The van der Waals surface area contributed by atoms with Crippen LogP contribution in [0.15, 0.2) is 30.3 Å². The van der Waals surface area contributed by atoms with Gasteiger partial charge in [0, 0.05) is 36.7 Å². The van der Waals surface area contributed by atoms with Gasteiger partial charge in [-0.05, 0) is 37.5 Å². The molecule has 1 fully saturated rings. The summed E-state index contributed by atoms with van der Waals surface area (Å²) < 4.78 is 5.52. The summed E-state index contributed by atoms with van der Waals surface area (Å²) in [6, 6.07) is 10.2. The van der Waals surface area contributed by atoms with Crippen LogP contribution in [0.5, 0.6) is 0 Å². The Morgan fingerprint density at radius 2 is 2.04 bits per heavy atom. The Balaban J connectivity index is 1.85. The molecule has 1 atom stereocenters. The summed E-state index contributed by atoms with van der Waals surface area (Å²) in [6.45, 7) is 7.53. The standard InChI is InChI=1S/C19H24ClN3O/c1-3-9-23(12-15-4-6-17(20)7-5-15)19-11-18(21-14(2)22-19)16-8-10-24-13-16/h4-7,11,16H,3,8-10,12-13H2,1-2H3. The molecule has 5 heteroatoms. The predicted octanol–water partition coefficient (Wildman–Crippen LogP) is 4.36. The van der Waals surface area contributed by atoms with E-state index in [0.717, 1.165) is 61.5 Å². The highest BCUT2D eigenvalue weighted by Crippen LogP contribution is 2.27. The third-order valence-corrected chi connectivity index (χ3v) is 4.55. The number of hydrogen-bond donors (Lipinski definition) is 0. The molecule has 1 aromatic heterocycles. The minimum absolute atomic E-state index is 0.393. The van der Waals surface area contributed by atoms with Gasteiger partial charge < -0.3 is 9.64 Å². The highest BCUT2D eigenvalue weighted by Gasteiger charge is 2.21. The highest BCUT2D eigenvalue weighted by molar-refractivity contribution is 6.30. The molecule has 0 N–H and O–H groups in total.